The summed E-state index contributed by atoms with van der Waals surface area (Å²) < 4.78 is 7.89. The molecule has 118 valence electrons. The Hall–Kier alpha value is -1.28. The third-order valence-electron chi connectivity index (χ3n) is 3.12. The first-order chi connectivity index (χ1) is 9.60. The standard InChI is InChI=1S/C13H22N4O3S/c1-12(2)7-17(8-13(3,4)20-12)10-14-15-11(16(10)5)21-6-9(18)19/h6-8H2,1-5H3,(H,18,19). The summed E-state index contributed by atoms with van der Waals surface area (Å²) in [4.78, 5) is 12.8. The molecule has 0 unspecified atom stereocenters. The third kappa shape index (κ3) is 3.88. The number of aromatic nitrogens is 3. The highest BCUT2D eigenvalue weighted by Gasteiger charge is 2.39. The van der Waals surface area contributed by atoms with Crippen LogP contribution in [0.2, 0.25) is 0 Å². The minimum Gasteiger partial charge on any atom is -0.481 e. The lowest BCUT2D eigenvalue weighted by molar-refractivity contribution is -0.134. The lowest BCUT2D eigenvalue weighted by atomic mass is 9.99. The van der Waals surface area contributed by atoms with Crippen LogP contribution >= 0.6 is 11.8 Å². The van der Waals surface area contributed by atoms with Crippen LogP contribution in [0.1, 0.15) is 27.7 Å². The van der Waals surface area contributed by atoms with Crippen molar-refractivity contribution >= 4 is 23.7 Å². The van der Waals surface area contributed by atoms with Gasteiger partial charge in [0, 0.05) is 20.1 Å². The first-order valence-corrected chi connectivity index (χ1v) is 7.77. The van der Waals surface area contributed by atoms with Crippen LogP contribution in [0.25, 0.3) is 0 Å². The maximum absolute atomic E-state index is 10.7. The number of nitrogens with zero attached hydrogens (tertiary/aromatic N) is 4. The van der Waals surface area contributed by atoms with Gasteiger partial charge in [-0.25, -0.2) is 0 Å². The molecule has 0 aromatic carbocycles. The van der Waals surface area contributed by atoms with Crippen LogP contribution in [-0.2, 0) is 16.6 Å². The first kappa shape index (κ1) is 16.1. The molecule has 7 nitrogen and oxygen atoms in total. The number of hydrogen-bond donors (Lipinski definition) is 1. The van der Waals surface area contributed by atoms with Crippen molar-refractivity contribution in [2.75, 3.05) is 23.7 Å². The predicted molar refractivity (Wildman–Crippen MR) is 80.8 cm³/mol. The quantitative estimate of drug-likeness (QED) is 0.841. The third-order valence-corrected chi connectivity index (χ3v) is 4.12. The number of aliphatic carboxylic acids is 1. The second-order valence-corrected chi connectivity index (χ2v) is 7.44. The van der Waals surface area contributed by atoms with Gasteiger partial charge in [-0.2, -0.15) is 0 Å². The Morgan fingerprint density at radius 1 is 1.29 bits per heavy atom. The van der Waals surface area contributed by atoms with E-state index in [0.29, 0.717) is 18.2 Å². The molecule has 0 amide bonds. The van der Waals surface area contributed by atoms with Crippen molar-refractivity contribution < 1.29 is 14.6 Å². The van der Waals surface area contributed by atoms with Gasteiger partial charge in [-0.1, -0.05) is 11.8 Å². The zero-order valence-corrected chi connectivity index (χ0v) is 13.9. The van der Waals surface area contributed by atoms with Crippen LogP contribution in [0.15, 0.2) is 5.16 Å². The zero-order valence-electron chi connectivity index (χ0n) is 13.1. The second kappa shape index (κ2) is 5.49. The number of anilines is 1. The summed E-state index contributed by atoms with van der Waals surface area (Å²) in [6.07, 6.45) is 0. The van der Waals surface area contributed by atoms with E-state index in [1.807, 2.05) is 11.6 Å². The molecule has 1 aromatic rings. The smallest absolute Gasteiger partial charge is 0.313 e. The minimum atomic E-state index is -0.863. The van der Waals surface area contributed by atoms with Crippen molar-refractivity contribution in [3.05, 3.63) is 0 Å². The van der Waals surface area contributed by atoms with E-state index in [4.69, 9.17) is 9.84 Å². The van der Waals surface area contributed by atoms with Crippen LogP contribution in [0.4, 0.5) is 5.95 Å². The normalized spacial score (nSPS) is 20.5. The molecule has 0 bridgehead atoms. The van der Waals surface area contributed by atoms with E-state index in [-0.39, 0.29) is 17.0 Å². The number of carboxylic acid groups (broad SMARTS) is 1. The molecule has 0 aliphatic carbocycles. The number of ether oxygens (including phenoxy) is 1. The van der Waals surface area contributed by atoms with Crippen molar-refractivity contribution in [1.29, 1.82) is 0 Å². The Labute approximate surface area is 128 Å². The Morgan fingerprint density at radius 2 is 1.86 bits per heavy atom. The highest BCUT2D eigenvalue weighted by Crippen LogP contribution is 2.31. The average Bonchev–Trinajstić information content (AvgIpc) is 2.63. The summed E-state index contributed by atoms with van der Waals surface area (Å²) >= 11 is 1.17. The molecule has 1 aromatic heterocycles. The molecule has 1 N–H and O–H groups in total. The zero-order chi connectivity index (χ0) is 15.8. The number of carbonyl (C=O) groups is 1. The van der Waals surface area contributed by atoms with Crippen molar-refractivity contribution in [1.82, 2.24) is 14.8 Å². The Morgan fingerprint density at radius 3 is 2.38 bits per heavy atom. The number of hydrogen-bond acceptors (Lipinski definition) is 6. The molecule has 2 rings (SSSR count). The van der Waals surface area contributed by atoms with E-state index < -0.39 is 5.97 Å². The van der Waals surface area contributed by atoms with Crippen LogP contribution in [0.5, 0.6) is 0 Å². The maximum Gasteiger partial charge on any atom is 0.313 e. The van der Waals surface area contributed by atoms with Gasteiger partial charge in [0.25, 0.3) is 0 Å². The Bertz CT molecular complexity index is 526. The summed E-state index contributed by atoms with van der Waals surface area (Å²) in [6.45, 7) is 9.64. The number of thioether (sulfide) groups is 1. The van der Waals surface area contributed by atoms with Crippen LogP contribution in [0.3, 0.4) is 0 Å². The van der Waals surface area contributed by atoms with Crippen molar-refractivity contribution in [2.45, 2.75) is 44.1 Å². The van der Waals surface area contributed by atoms with E-state index in [2.05, 4.69) is 42.8 Å². The van der Waals surface area contributed by atoms with E-state index >= 15 is 0 Å². The van der Waals surface area contributed by atoms with Gasteiger partial charge in [-0.05, 0) is 27.7 Å². The fourth-order valence-corrected chi connectivity index (χ4v) is 3.39. The largest absolute Gasteiger partial charge is 0.481 e. The monoisotopic (exact) mass is 314 g/mol. The average molecular weight is 314 g/mol. The van der Waals surface area contributed by atoms with Crippen molar-refractivity contribution in [3.63, 3.8) is 0 Å². The Balaban J connectivity index is 2.20. The summed E-state index contributed by atoms with van der Waals surface area (Å²) in [6, 6.07) is 0. The van der Waals surface area contributed by atoms with Crippen LogP contribution in [0, 0.1) is 0 Å². The minimum absolute atomic E-state index is 0.0218. The molecule has 1 saturated heterocycles. The molecule has 1 aliphatic rings. The fraction of sp³-hybridized carbons (Fsp3) is 0.769. The SMILES string of the molecule is Cn1c(SCC(=O)O)nnc1N1CC(C)(C)OC(C)(C)C1. The number of carboxylic acids is 1. The van der Waals surface area contributed by atoms with Crippen molar-refractivity contribution in [2.24, 2.45) is 7.05 Å². The molecular weight excluding hydrogens is 292 g/mol. The highest BCUT2D eigenvalue weighted by atomic mass is 32.2. The van der Waals surface area contributed by atoms with Gasteiger partial charge < -0.3 is 14.7 Å². The van der Waals surface area contributed by atoms with Gasteiger partial charge in [-0.3, -0.25) is 9.36 Å². The molecule has 0 spiro atoms. The van der Waals surface area contributed by atoms with Crippen LogP contribution < -0.4 is 4.90 Å². The lowest BCUT2D eigenvalue weighted by Gasteiger charge is -2.47. The molecular formula is C13H22N4O3S. The molecule has 8 heteroatoms. The first-order valence-electron chi connectivity index (χ1n) is 6.79. The topological polar surface area (TPSA) is 80.5 Å². The van der Waals surface area contributed by atoms with Gasteiger partial charge in [0.15, 0.2) is 5.16 Å². The number of rotatable bonds is 4. The second-order valence-electron chi connectivity index (χ2n) is 6.50. The van der Waals surface area contributed by atoms with E-state index in [1.165, 1.54) is 11.8 Å². The Kier molecular flexibility index (Phi) is 4.21. The van der Waals surface area contributed by atoms with Gasteiger partial charge >= 0.3 is 5.97 Å². The molecule has 0 radical (unpaired) electrons. The van der Waals surface area contributed by atoms with Gasteiger partial charge in [0.1, 0.15) is 0 Å². The molecule has 0 atom stereocenters. The summed E-state index contributed by atoms with van der Waals surface area (Å²) in [7, 11) is 1.86. The van der Waals surface area contributed by atoms with E-state index in [0.717, 1.165) is 5.95 Å². The van der Waals surface area contributed by atoms with Crippen LogP contribution in [-0.4, -0.2) is 55.9 Å². The van der Waals surface area contributed by atoms with Gasteiger partial charge in [0.05, 0.1) is 17.0 Å². The molecule has 0 saturated carbocycles. The summed E-state index contributed by atoms with van der Waals surface area (Å²) in [5.74, 6) is -0.142. The maximum atomic E-state index is 10.7. The molecule has 2 heterocycles. The summed E-state index contributed by atoms with van der Waals surface area (Å²) in [5.41, 5.74) is -0.551. The molecule has 1 fully saturated rings. The number of morpholine rings is 1. The van der Waals surface area contributed by atoms with Gasteiger partial charge in [-0.15, -0.1) is 10.2 Å². The van der Waals surface area contributed by atoms with E-state index in [1.54, 1.807) is 0 Å². The van der Waals surface area contributed by atoms with Crippen molar-refractivity contribution in [3.8, 4) is 0 Å². The predicted octanol–water partition coefficient (Wildman–Crippen LogP) is 1.39. The van der Waals surface area contributed by atoms with Gasteiger partial charge in [0.2, 0.25) is 5.95 Å². The molecule has 1 aliphatic heterocycles. The summed E-state index contributed by atoms with van der Waals surface area (Å²) in [5, 5.41) is 17.7. The highest BCUT2D eigenvalue weighted by molar-refractivity contribution is 7.99. The molecule has 21 heavy (non-hydrogen) atoms. The lowest BCUT2D eigenvalue weighted by Crippen LogP contribution is -2.57. The van der Waals surface area contributed by atoms with E-state index in [9.17, 15) is 4.79 Å². The fourth-order valence-electron chi connectivity index (χ4n) is 2.76.